The quantitative estimate of drug-likeness (QED) is 0.0984. The van der Waals surface area contributed by atoms with Crippen LogP contribution in [0.4, 0.5) is 20.3 Å². The number of rotatable bonds is 13. The minimum atomic E-state index is -2.90. The number of alkyl halides is 2. The first kappa shape index (κ1) is 41.5. The second-order valence-electron chi connectivity index (χ2n) is 18.0. The number of β-amino-alcohol motifs (C(OH)–C–C–N with tert-alkyl or cyclic N) is 1. The van der Waals surface area contributed by atoms with Crippen LogP contribution in [0.15, 0.2) is 48.7 Å². The van der Waals surface area contributed by atoms with Crippen LogP contribution in [0.2, 0.25) is 5.02 Å². The number of aliphatic hydroxyl groups is 1. The molecule has 2 saturated carbocycles. The Hall–Kier alpha value is -4.89. The van der Waals surface area contributed by atoms with Crippen molar-refractivity contribution >= 4 is 45.9 Å². The van der Waals surface area contributed by atoms with E-state index >= 15 is 0 Å². The summed E-state index contributed by atoms with van der Waals surface area (Å²) in [7, 11) is 1.90. The zero-order chi connectivity index (χ0) is 42.8. The minimum absolute atomic E-state index is 0.0548. The lowest BCUT2D eigenvalue weighted by Gasteiger charge is -2.32. The Kier molecular flexibility index (Phi) is 10.9. The van der Waals surface area contributed by atoms with Gasteiger partial charge in [0.25, 0.3) is 6.43 Å². The maximum Gasteiger partial charge on any atom is 0.309 e. The van der Waals surface area contributed by atoms with Crippen LogP contribution in [-0.4, -0.2) is 88.0 Å². The molecule has 12 nitrogen and oxygen atoms in total. The number of aromatic nitrogens is 5. The highest BCUT2D eigenvalue weighted by Crippen LogP contribution is 2.63. The molecule has 3 N–H and O–H groups in total. The number of carbonyl (C=O) groups excluding carboxylic acids is 1. The number of carboxylic acid groups (broad SMARTS) is 1. The lowest BCUT2D eigenvalue weighted by molar-refractivity contribution is -0.148. The number of halogens is 3. The van der Waals surface area contributed by atoms with Gasteiger partial charge in [0.2, 0.25) is 5.78 Å². The van der Waals surface area contributed by atoms with Crippen molar-refractivity contribution in [1.29, 1.82) is 0 Å². The fourth-order valence-corrected chi connectivity index (χ4v) is 10.9. The van der Waals surface area contributed by atoms with Crippen molar-refractivity contribution in [2.45, 2.75) is 103 Å². The number of carbonyl (C=O) groups is 2. The Bertz CT molecular complexity index is 2540. The van der Waals surface area contributed by atoms with Gasteiger partial charge in [-0.25, -0.2) is 23.7 Å². The number of hydrogen-bond acceptors (Lipinski definition) is 10. The van der Waals surface area contributed by atoms with Crippen molar-refractivity contribution in [2.24, 2.45) is 17.9 Å². The fourth-order valence-electron chi connectivity index (χ4n) is 10.6. The Labute approximate surface area is 358 Å². The summed E-state index contributed by atoms with van der Waals surface area (Å²) in [6.07, 6.45) is 5.24. The van der Waals surface area contributed by atoms with Crippen molar-refractivity contribution in [1.82, 2.24) is 34.3 Å². The number of imidazole rings is 1. The Morgan fingerprint density at radius 3 is 2.56 bits per heavy atom. The summed E-state index contributed by atoms with van der Waals surface area (Å²) in [4.78, 5) is 48.3. The normalized spacial score (nSPS) is 23.9. The van der Waals surface area contributed by atoms with E-state index < -0.39 is 29.7 Å². The van der Waals surface area contributed by atoms with Gasteiger partial charge in [-0.3, -0.25) is 24.4 Å². The number of aliphatic hydroxyl groups excluding tert-OH is 1. The molecular formula is C46H51ClF2N8O4. The molecule has 3 fully saturated rings. The Balaban J connectivity index is 0.909. The van der Waals surface area contributed by atoms with Crippen molar-refractivity contribution in [3.63, 3.8) is 0 Å². The van der Waals surface area contributed by atoms with E-state index in [2.05, 4.69) is 30.1 Å². The highest BCUT2D eigenvalue weighted by Gasteiger charge is 2.57. The molecule has 2 bridgehead atoms. The van der Waals surface area contributed by atoms with Crippen LogP contribution in [-0.2, 0) is 37.8 Å². The molecule has 0 unspecified atom stereocenters. The Morgan fingerprint density at radius 1 is 1.07 bits per heavy atom. The number of likely N-dealkylation sites (tertiary alicyclic amines) is 1. The lowest BCUT2D eigenvalue weighted by Crippen LogP contribution is -2.34. The second-order valence-corrected chi connectivity index (χ2v) is 18.4. The molecule has 2 aliphatic heterocycles. The van der Waals surface area contributed by atoms with E-state index in [4.69, 9.17) is 16.6 Å². The monoisotopic (exact) mass is 852 g/mol. The predicted molar refractivity (Wildman–Crippen MR) is 228 cm³/mol. The first-order valence-electron chi connectivity index (χ1n) is 21.3. The number of benzene rings is 2. The van der Waals surface area contributed by atoms with Crippen LogP contribution >= 0.6 is 11.6 Å². The van der Waals surface area contributed by atoms with Crippen LogP contribution in [0.25, 0.3) is 22.2 Å². The van der Waals surface area contributed by atoms with Crippen LogP contribution in [0, 0.1) is 17.8 Å². The van der Waals surface area contributed by atoms with E-state index in [1.807, 2.05) is 61.9 Å². The maximum absolute atomic E-state index is 14.1. The summed E-state index contributed by atoms with van der Waals surface area (Å²) >= 11 is 7.12. The van der Waals surface area contributed by atoms with E-state index in [1.54, 1.807) is 12.3 Å². The van der Waals surface area contributed by atoms with Gasteiger partial charge >= 0.3 is 5.97 Å². The molecule has 61 heavy (non-hydrogen) atoms. The van der Waals surface area contributed by atoms with E-state index in [0.29, 0.717) is 59.2 Å². The van der Waals surface area contributed by atoms with E-state index in [0.717, 1.165) is 91.7 Å². The van der Waals surface area contributed by atoms with Gasteiger partial charge in [-0.15, -0.1) is 0 Å². The summed E-state index contributed by atoms with van der Waals surface area (Å²) in [6.45, 7) is 7.41. The standard InChI is InChI=1S/C46H51ClF2N8O4/c1-26-18-30(58)23-57(26)22-28-19-34-39(50-21-28)41(54-42(52-34)40(48)49)51-33-9-5-7-31(27(33)2)32-8-4-6-29(38(32)47)20-37(59)43-53-35-24-56(16-10-36(35)55(43)3)17-15-45-11-13-46(25-45,14-12-45)44(60)61/h4-9,19,21,26,30,40,58H,10-18,20,22-25H2,1-3H3,(H,60,61)(H,51,52,54)/t26-,30+,45?,46?/m1/s1. The number of nitrogens with zero attached hydrogens (tertiary/aromatic N) is 7. The highest BCUT2D eigenvalue weighted by atomic mass is 35.5. The van der Waals surface area contributed by atoms with E-state index in [-0.39, 0.29) is 29.5 Å². The molecule has 9 rings (SSSR count). The first-order valence-corrected chi connectivity index (χ1v) is 21.6. The zero-order valence-electron chi connectivity index (χ0n) is 34.7. The van der Waals surface area contributed by atoms with Gasteiger partial charge in [0.1, 0.15) is 5.52 Å². The van der Waals surface area contributed by atoms with Gasteiger partial charge in [-0.05, 0) is 105 Å². The van der Waals surface area contributed by atoms with Crippen LogP contribution in [0.1, 0.15) is 103 Å². The average molecular weight is 853 g/mol. The molecule has 0 radical (unpaired) electrons. The SMILES string of the molecule is Cc1c(Nc2nc(C(F)F)nc3cc(CN4C[C@@H](O)C[C@H]4C)cnc23)cccc1-c1cccc(CC(=O)c2nc3c(n2C)CCN(CCC24CCC(C(=O)O)(CC2)C4)C3)c1Cl. The molecule has 2 aromatic carbocycles. The number of ketones is 1. The molecule has 5 aromatic rings. The third-order valence-corrected chi connectivity index (χ3v) is 14.6. The first-order chi connectivity index (χ1) is 29.2. The molecule has 320 valence electrons. The zero-order valence-corrected chi connectivity index (χ0v) is 35.5. The lowest BCUT2D eigenvalue weighted by atomic mass is 9.80. The van der Waals surface area contributed by atoms with Gasteiger partial charge in [0, 0.05) is 75.3 Å². The molecule has 2 atom stereocenters. The number of anilines is 2. The summed E-state index contributed by atoms with van der Waals surface area (Å²) in [5.41, 5.74) is 6.62. The third-order valence-electron chi connectivity index (χ3n) is 14.2. The van der Waals surface area contributed by atoms with Gasteiger partial charge < -0.3 is 20.1 Å². The molecule has 15 heteroatoms. The third kappa shape index (κ3) is 7.81. The van der Waals surface area contributed by atoms with Crippen LogP contribution in [0.5, 0.6) is 0 Å². The molecule has 5 heterocycles. The predicted octanol–water partition coefficient (Wildman–Crippen LogP) is 8.23. The van der Waals surface area contributed by atoms with Gasteiger partial charge in [-0.1, -0.05) is 41.9 Å². The van der Waals surface area contributed by atoms with Crippen LogP contribution in [0.3, 0.4) is 0 Å². The van der Waals surface area contributed by atoms with Gasteiger partial charge in [0.15, 0.2) is 17.5 Å². The summed E-state index contributed by atoms with van der Waals surface area (Å²) in [5.74, 6) is -0.826. The fraction of sp³-hybridized carbons (Fsp3) is 0.478. The summed E-state index contributed by atoms with van der Waals surface area (Å²) in [5, 5.41) is 23.7. The molecule has 4 aliphatic rings. The molecule has 1 saturated heterocycles. The van der Waals surface area contributed by atoms with Crippen molar-refractivity contribution in [3.05, 3.63) is 93.4 Å². The van der Waals surface area contributed by atoms with Crippen LogP contribution < -0.4 is 5.32 Å². The summed E-state index contributed by atoms with van der Waals surface area (Å²) < 4.78 is 30.2. The largest absolute Gasteiger partial charge is 0.481 e. The number of hydrogen-bond donors (Lipinski definition) is 3. The number of carboxylic acids is 1. The van der Waals surface area contributed by atoms with E-state index in [9.17, 15) is 28.6 Å². The number of fused-ring (bicyclic) bond motifs is 4. The molecule has 2 aliphatic carbocycles. The van der Waals surface area contributed by atoms with Gasteiger partial charge in [-0.2, -0.15) is 0 Å². The number of pyridine rings is 1. The van der Waals surface area contributed by atoms with Crippen molar-refractivity contribution in [3.8, 4) is 11.1 Å². The number of nitrogens with one attached hydrogen (secondary N) is 1. The number of Topliss-reactive ketones (excluding diaryl/α,β-unsaturated/α-hetero) is 1. The second kappa shape index (κ2) is 16.1. The molecule has 0 spiro atoms. The minimum Gasteiger partial charge on any atom is -0.481 e. The van der Waals surface area contributed by atoms with Crippen molar-refractivity contribution < 1.29 is 28.6 Å². The number of aliphatic carboxylic acids is 1. The highest BCUT2D eigenvalue weighted by molar-refractivity contribution is 6.34. The molecular weight excluding hydrogens is 802 g/mol. The molecule has 0 amide bonds. The van der Waals surface area contributed by atoms with Gasteiger partial charge in [0.05, 0.1) is 27.8 Å². The smallest absolute Gasteiger partial charge is 0.309 e. The van der Waals surface area contributed by atoms with Crippen molar-refractivity contribution in [2.75, 3.05) is 25.0 Å². The molecule has 3 aromatic heterocycles. The summed E-state index contributed by atoms with van der Waals surface area (Å²) in [6, 6.07) is 13.2. The maximum atomic E-state index is 14.1. The van der Waals surface area contributed by atoms with E-state index in [1.165, 1.54) is 0 Å². The Morgan fingerprint density at radius 2 is 1.84 bits per heavy atom. The average Bonchev–Trinajstić information content (AvgIpc) is 3.99. The topological polar surface area (TPSA) is 150 Å².